The van der Waals surface area contributed by atoms with E-state index >= 15 is 0 Å². The summed E-state index contributed by atoms with van der Waals surface area (Å²) in [7, 11) is 0. The highest BCUT2D eigenvalue weighted by Crippen LogP contribution is 2.27. The van der Waals surface area contributed by atoms with Crippen molar-refractivity contribution in [2.45, 2.75) is 13.8 Å². The molecule has 0 fully saturated rings. The van der Waals surface area contributed by atoms with Gasteiger partial charge < -0.3 is 15.2 Å². The van der Waals surface area contributed by atoms with Crippen molar-refractivity contribution in [3.8, 4) is 5.75 Å². The maximum atomic E-state index is 10.9. The van der Waals surface area contributed by atoms with Crippen LogP contribution in [0.3, 0.4) is 0 Å². The van der Waals surface area contributed by atoms with E-state index in [9.17, 15) is 4.79 Å². The van der Waals surface area contributed by atoms with Crippen molar-refractivity contribution < 1.29 is 14.6 Å². The molecule has 5 nitrogen and oxygen atoms in total. The molecule has 0 unspecified atom stereocenters. The maximum Gasteiger partial charge on any atom is 0.355 e. The van der Waals surface area contributed by atoms with Gasteiger partial charge in [-0.1, -0.05) is 6.07 Å². The smallest absolute Gasteiger partial charge is 0.355 e. The Balaban J connectivity index is 2.19. The minimum absolute atomic E-state index is 0.0912. The molecule has 0 spiro atoms. The summed E-state index contributed by atoms with van der Waals surface area (Å²) in [5.41, 5.74) is 0.908. The van der Waals surface area contributed by atoms with Crippen molar-refractivity contribution in [2.75, 3.05) is 11.9 Å². The van der Waals surface area contributed by atoms with Crippen LogP contribution in [0, 0.1) is 6.92 Å². The standard InChI is InChI=1S/C13H14N2O3S/c1-3-18-10-6-4-5-9(7-10)14-13-15-11(12(16)17)8(2)19-13/h4-7H,3H2,1-2H3,(H,14,15)(H,16,17). The van der Waals surface area contributed by atoms with E-state index in [0.29, 0.717) is 16.6 Å². The highest BCUT2D eigenvalue weighted by atomic mass is 32.1. The van der Waals surface area contributed by atoms with Crippen LogP contribution in [0.4, 0.5) is 10.8 Å². The van der Waals surface area contributed by atoms with E-state index in [1.165, 1.54) is 11.3 Å². The Bertz CT molecular complexity index is 595. The van der Waals surface area contributed by atoms with Gasteiger partial charge in [0.2, 0.25) is 0 Å². The second kappa shape index (κ2) is 5.71. The minimum atomic E-state index is -1.01. The Labute approximate surface area is 114 Å². The molecule has 2 rings (SSSR count). The number of carboxylic acid groups (broad SMARTS) is 1. The van der Waals surface area contributed by atoms with E-state index in [1.807, 2.05) is 31.2 Å². The van der Waals surface area contributed by atoms with Crippen LogP contribution in [-0.2, 0) is 0 Å². The van der Waals surface area contributed by atoms with Crippen LogP contribution in [-0.4, -0.2) is 22.7 Å². The Morgan fingerprint density at radius 1 is 1.53 bits per heavy atom. The van der Waals surface area contributed by atoms with Gasteiger partial charge >= 0.3 is 5.97 Å². The lowest BCUT2D eigenvalue weighted by Gasteiger charge is -2.06. The normalized spacial score (nSPS) is 10.2. The number of hydrogen-bond donors (Lipinski definition) is 2. The number of rotatable bonds is 5. The molecule has 6 heteroatoms. The summed E-state index contributed by atoms with van der Waals surface area (Å²) >= 11 is 1.31. The lowest BCUT2D eigenvalue weighted by Crippen LogP contribution is -1.99. The average Bonchev–Trinajstić information content (AvgIpc) is 2.71. The third-order valence-corrected chi connectivity index (χ3v) is 3.28. The lowest BCUT2D eigenvalue weighted by atomic mass is 10.3. The molecule has 0 aliphatic rings. The number of carbonyl (C=O) groups is 1. The molecule has 0 saturated heterocycles. The molecule has 0 atom stereocenters. The van der Waals surface area contributed by atoms with Gasteiger partial charge in [0.25, 0.3) is 0 Å². The zero-order chi connectivity index (χ0) is 13.8. The van der Waals surface area contributed by atoms with Gasteiger partial charge in [-0.3, -0.25) is 0 Å². The predicted octanol–water partition coefficient (Wildman–Crippen LogP) is 3.29. The first-order valence-corrected chi connectivity index (χ1v) is 6.62. The molecule has 1 aromatic carbocycles. The van der Waals surface area contributed by atoms with Crippen molar-refractivity contribution in [2.24, 2.45) is 0 Å². The number of nitrogens with zero attached hydrogens (tertiary/aromatic N) is 1. The second-order valence-electron chi connectivity index (χ2n) is 3.81. The Morgan fingerprint density at radius 2 is 2.32 bits per heavy atom. The summed E-state index contributed by atoms with van der Waals surface area (Å²) in [4.78, 5) is 15.6. The molecule has 0 amide bonds. The number of carboxylic acids is 1. The number of aromatic nitrogens is 1. The first kappa shape index (κ1) is 13.4. The fourth-order valence-corrected chi connectivity index (χ4v) is 2.43. The van der Waals surface area contributed by atoms with Gasteiger partial charge in [0.1, 0.15) is 5.75 Å². The fraction of sp³-hybridized carbons (Fsp3) is 0.231. The van der Waals surface area contributed by atoms with Crippen LogP contribution in [0.25, 0.3) is 0 Å². The molecule has 0 saturated carbocycles. The maximum absolute atomic E-state index is 10.9. The third-order valence-electron chi connectivity index (χ3n) is 2.40. The van der Waals surface area contributed by atoms with E-state index in [-0.39, 0.29) is 5.69 Å². The second-order valence-corrected chi connectivity index (χ2v) is 5.02. The monoisotopic (exact) mass is 278 g/mol. The zero-order valence-corrected chi connectivity index (χ0v) is 11.5. The Morgan fingerprint density at radius 3 is 2.95 bits per heavy atom. The topological polar surface area (TPSA) is 71.5 Å². The van der Waals surface area contributed by atoms with Crippen LogP contribution >= 0.6 is 11.3 Å². The average molecular weight is 278 g/mol. The number of hydrogen-bond acceptors (Lipinski definition) is 5. The Hall–Kier alpha value is -2.08. The van der Waals surface area contributed by atoms with Gasteiger partial charge in [-0.05, 0) is 26.0 Å². The summed E-state index contributed by atoms with van der Waals surface area (Å²) in [6, 6.07) is 7.46. The number of benzene rings is 1. The lowest BCUT2D eigenvalue weighted by molar-refractivity contribution is 0.0690. The minimum Gasteiger partial charge on any atom is -0.494 e. The first-order valence-electron chi connectivity index (χ1n) is 5.80. The number of nitrogens with one attached hydrogen (secondary N) is 1. The summed E-state index contributed by atoms with van der Waals surface area (Å²) in [6.07, 6.45) is 0. The van der Waals surface area contributed by atoms with Crippen molar-refractivity contribution in [1.82, 2.24) is 4.98 Å². The summed E-state index contributed by atoms with van der Waals surface area (Å²) in [5.74, 6) is -0.246. The summed E-state index contributed by atoms with van der Waals surface area (Å²) in [5, 5.41) is 12.6. The molecule has 1 heterocycles. The molecule has 1 aromatic heterocycles. The summed E-state index contributed by atoms with van der Waals surface area (Å²) < 4.78 is 5.40. The van der Waals surface area contributed by atoms with Crippen LogP contribution in [0.15, 0.2) is 24.3 Å². The molecule has 19 heavy (non-hydrogen) atoms. The molecule has 0 bridgehead atoms. The predicted molar refractivity (Wildman–Crippen MR) is 74.7 cm³/mol. The van der Waals surface area contributed by atoms with Crippen molar-refractivity contribution in [3.05, 3.63) is 34.8 Å². The summed E-state index contributed by atoms with van der Waals surface area (Å²) in [6.45, 7) is 4.26. The third kappa shape index (κ3) is 3.23. The molecule has 0 aliphatic heterocycles. The van der Waals surface area contributed by atoms with Crippen LogP contribution < -0.4 is 10.1 Å². The molecule has 0 aliphatic carbocycles. The largest absolute Gasteiger partial charge is 0.494 e. The van der Waals surface area contributed by atoms with Crippen LogP contribution in [0.2, 0.25) is 0 Å². The molecule has 0 radical (unpaired) electrons. The van der Waals surface area contributed by atoms with E-state index in [1.54, 1.807) is 6.92 Å². The number of ether oxygens (including phenoxy) is 1. The van der Waals surface area contributed by atoms with Crippen molar-refractivity contribution >= 4 is 28.1 Å². The highest BCUT2D eigenvalue weighted by Gasteiger charge is 2.14. The SMILES string of the molecule is CCOc1cccc(Nc2nc(C(=O)O)c(C)s2)c1. The number of aryl methyl sites for hydroxylation is 1. The molecule has 2 N–H and O–H groups in total. The quantitative estimate of drug-likeness (QED) is 0.878. The van der Waals surface area contributed by atoms with Gasteiger partial charge in [-0.15, -0.1) is 11.3 Å². The molecular formula is C13H14N2O3S. The van der Waals surface area contributed by atoms with Gasteiger partial charge in [-0.25, -0.2) is 9.78 Å². The number of thiazole rings is 1. The van der Waals surface area contributed by atoms with Crippen LogP contribution in [0.1, 0.15) is 22.3 Å². The molecular weight excluding hydrogens is 264 g/mol. The van der Waals surface area contributed by atoms with E-state index in [0.717, 1.165) is 11.4 Å². The van der Waals surface area contributed by atoms with Crippen molar-refractivity contribution in [3.63, 3.8) is 0 Å². The molecule has 2 aromatic rings. The van der Waals surface area contributed by atoms with Crippen molar-refractivity contribution in [1.29, 1.82) is 0 Å². The zero-order valence-electron chi connectivity index (χ0n) is 10.6. The van der Waals surface area contributed by atoms with Crippen LogP contribution in [0.5, 0.6) is 5.75 Å². The van der Waals surface area contributed by atoms with Gasteiger partial charge in [0.15, 0.2) is 10.8 Å². The van der Waals surface area contributed by atoms with E-state index in [2.05, 4.69) is 10.3 Å². The Kier molecular flexibility index (Phi) is 4.01. The van der Waals surface area contributed by atoms with Gasteiger partial charge in [0.05, 0.1) is 6.61 Å². The van der Waals surface area contributed by atoms with E-state index in [4.69, 9.17) is 9.84 Å². The van der Waals surface area contributed by atoms with Gasteiger partial charge in [-0.2, -0.15) is 0 Å². The van der Waals surface area contributed by atoms with E-state index < -0.39 is 5.97 Å². The molecule has 100 valence electrons. The number of aromatic carboxylic acids is 1. The van der Waals surface area contributed by atoms with Gasteiger partial charge in [0, 0.05) is 16.6 Å². The fourth-order valence-electron chi connectivity index (χ4n) is 1.60. The highest BCUT2D eigenvalue weighted by molar-refractivity contribution is 7.15. The number of anilines is 2. The first-order chi connectivity index (χ1) is 9.10.